The van der Waals surface area contributed by atoms with Gasteiger partial charge in [0.15, 0.2) is 5.72 Å². The van der Waals surface area contributed by atoms with Crippen LogP contribution in [0.1, 0.15) is 11.7 Å². The Hall–Kier alpha value is -1.03. The predicted molar refractivity (Wildman–Crippen MR) is 75.3 cm³/mol. The summed E-state index contributed by atoms with van der Waals surface area (Å²) in [5, 5.41) is 20.3. The smallest absolute Gasteiger partial charge is 0.168 e. The van der Waals surface area contributed by atoms with Gasteiger partial charge >= 0.3 is 0 Å². The molecule has 2 aromatic rings. The number of nitrogens with zero attached hydrogens (tertiary/aromatic N) is 2. The second-order valence-corrected chi connectivity index (χ2v) is 6.05. The molecule has 2 aromatic heterocycles. The number of nitrogen functional groups attached to an aromatic ring is 1. The van der Waals surface area contributed by atoms with Gasteiger partial charge in [0.1, 0.15) is 24.4 Å². The molecule has 0 saturated carbocycles. The van der Waals surface area contributed by atoms with Crippen LogP contribution in [0.3, 0.4) is 0 Å². The molecule has 0 aromatic carbocycles. The Labute approximate surface area is 123 Å². The van der Waals surface area contributed by atoms with Gasteiger partial charge in [0, 0.05) is 5.56 Å². The topological polar surface area (TPSA) is 128 Å². The maximum absolute atomic E-state index is 10.0. The van der Waals surface area contributed by atoms with Gasteiger partial charge in [-0.2, -0.15) is 0 Å². The molecule has 0 spiro atoms. The highest BCUT2D eigenvalue weighted by Gasteiger charge is 2.52. The Bertz CT molecular complexity index is 654. The van der Waals surface area contributed by atoms with Crippen molar-refractivity contribution in [1.29, 1.82) is 0 Å². The largest absolute Gasteiger partial charge is 0.392 e. The number of ether oxygens (including phenoxy) is 1. The Balaban J connectivity index is 2.06. The van der Waals surface area contributed by atoms with Crippen LogP contribution in [0.15, 0.2) is 11.7 Å². The van der Waals surface area contributed by atoms with E-state index >= 15 is 0 Å². The molecule has 0 amide bonds. The number of anilines is 1. The van der Waals surface area contributed by atoms with Crippen molar-refractivity contribution in [2.24, 2.45) is 5.73 Å². The average molecular weight is 317 g/mol. The lowest BCUT2D eigenvalue weighted by atomic mass is 10.0. The number of nitrogens with two attached hydrogens (primary N) is 2. The maximum atomic E-state index is 10.0. The third kappa shape index (κ3) is 1.88. The van der Waals surface area contributed by atoms with Gasteiger partial charge in [0.2, 0.25) is 0 Å². The molecule has 6 N–H and O–H groups in total. The van der Waals surface area contributed by atoms with Gasteiger partial charge < -0.3 is 20.7 Å². The van der Waals surface area contributed by atoms with E-state index in [9.17, 15) is 10.2 Å². The van der Waals surface area contributed by atoms with Gasteiger partial charge in [-0.1, -0.05) is 0 Å². The number of hydrogen-bond donors (Lipinski definition) is 4. The number of halogens is 1. The lowest BCUT2D eigenvalue weighted by Crippen LogP contribution is -2.53. The summed E-state index contributed by atoms with van der Waals surface area (Å²) < 4.78 is 6.29. The number of aliphatic hydroxyl groups is 2. The second kappa shape index (κ2) is 4.76. The third-order valence-corrected chi connectivity index (χ3v) is 4.88. The summed E-state index contributed by atoms with van der Waals surface area (Å²) in [5.74, 6) is 0.372. The Morgan fingerprint density at radius 2 is 2.25 bits per heavy atom. The molecular weight excluding hydrogens is 304 g/mol. The fourth-order valence-corrected chi connectivity index (χ4v) is 3.61. The molecule has 1 aliphatic heterocycles. The van der Waals surface area contributed by atoms with Crippen molar-refractivity contribution in [3.05, 3.63) is 17.3 Å². The number of rotatable bonds is 2. The van der Waals surface area contributed by atoms with Crippen molar-refractivity contribution < 1.29 is 14.9 Å². The molecule has 0 radical (unpaired) electrons. The first-order valence-electron chi connectivity index (χ1n) is 5.85. The molecule has 1 saturated heterocycles. The van der Waals surface area contributed by atoms with Crippen molar-refractivity contribution >= 4 is 39.0 Å². The minimum absolute atomic E-state index is 0.372. The van der Waals surface area contributed by atoms with Gasteiger partial charge in [-0.3, -0.25) is 5.73 Å². The Morgan fingerprint density at radius 1 is 1.50 bits per heavy atom. The molecule has 9 heteroatoms. The van der Waals surface area contributed by atoms with E-state index in [4.69, 9.17) is 27.8 Å². The number of hydrogen-bond acceptors (Lipinski definition) is 8. The molecule has 7 nitrogen and oxygen atoms in total. The van der Waals surface area contributed by atoms with Crippen LogP contribution in [0.5, 0.6) is 0 Å². The minimum Gasteiger partial charge on any atom is -0.392 e. The van der Waals surface area contributed by atoms with Gasteiger partial charge in [0.05, 0.1) is 22.2 Å². The minimum atomic E-state index is -1.58. The normalized spacial score (nSPS) is 33.9. The highest BCUT2D eigenvalue weighted by Crippen LogP contribution is 2.44. The van der Waals surface area contributed by atoms with Crippen LogP contribution in [0, 0.1) is 0 Å². The summed E-state index contributed by atoms with van der Waals surface area (Å²) in [6.07, 6.45) is -0.510. The fourth-order valence-electron chi connectivity index (χ4n) is 2.26. The average Bonchev–Trinajstić information content (AvgIpc) is 2.96. The molecular formula is C11H13ClN4O3S. The molecule has 0 bridgehead atoms. The van der Waals surface area contributed by atoms with Gasteiger partial charge in [0.25, 0.3) is 0 Å². The van der Waals surface area contributed by atoms with Crippen molar-refractivity contribution in [3.63, 3.8) is 0 Å². The highest BCUT2D eigenvalue weighted by molar-refractivity contribution is 7.18. The monoisotopic (exact) mass is 316 g/mol. The Morgan fingerprint density at radius 3 is 2.90 bits per heavy atom. The first kappa shape index (κ1) is 13.9. The predicted octanol–water partition coefficient (Wildman–Crippen LogP) is -0.0396. The van der Waals surface area contributed by atoms with Crippen LogP contribution < -0.4 is 11.5 Å². The lowest BCUT2D eigenvalue weighted by molar-refractivity contribution is -0.108. The standard InChI is InChI=1S/C11H13ClN4O3S/c12-5-7(19-11(14,2-17)9(5)18)4-1-20-8-6(4)15-3-16-10(8)13/h1,3,5,7,9,17-18H,2,14H2,(H2,13,15,16)/t5-,7-,9-,11+/m0/s1. The van der Waals surface area contributed by atoms with Crippen LogP contribution in [0.4, 0.5) is 5.82 Å². The summed E-state index contributed by atoms with van der Waals surface area (Å²) in [5.41, 5.74) is 11.3. The number of fused-ring (bicyclic) bond motifs is 1. The highest BCUT2D eigenvalue weighted by atomic mass is 35.5. The van der Waals surface area contributed by atoms with Crippen molar-refractivity contribution in [1.82, 2.24) is 9.97 Å². The van der Waals surface area contributed by atoms with E-state index in [1.165, 1.54) is 17.7 Å². The zero-order chi connectivity index (χ0) is 14.5. The van der Waals surface area contributed by atoms with Crippen LogP contribution in [0.25, 0.3) is 10.2 Å². The van der Waals surface area contributed by atoms with E-state index in [-0.39, 0.29) is 0 Å². The first-order chi connectivity index (χ1) is 9.48. The third-order valence-electron chi connectivity index (χ3n) is 3.40. The van der Waals surface area contributed by atoms with Crippen molar-refractivity contribution in [2.75, 3.05) is 12.3 Å². The molecule has 20 heavy (non-hydrogen) atoms. The molecule has 108 valence electrons. The maximum Gasteiger partial charge on any atom is 0.168 e. The number of aromatic nitrogens is 2. The van der Waals surface area contributed by atoms with E-state index in [0.717, 1.165) is 4.70 Å². The van der Waals surface area contributed by atoms with Crippen molar-refractivity contribution in [2.45, 2.75) is 23.3 Å². The Kier molecular flexibility index (Phi) is 3.32. The van der Waals surface area contributed by atoms with E-state index in [1.54, 1.807) is 5.38 Å². The number of alkyl halides is 1. The molecule has 0 aliphatic carbocycles. The molecule has 1 fully saturated rings. The van der Waals surface area contributed by atoms with Gasteiger partial charge in [-0.15, -0.1) is 22.9 Å². The lowest BCUT2D eigenvalue weighted by Gasteiger charge is -2.24. The van der Waals surface area contributed by atoms with Crippen molar-refractivity contribution in [3.8, 4) is 0 Å². The molecule has 0 unspecified atom stereocenters. The van der Waals surface area contributed by atoms with E-state index in [0.29, 0.717) is 16.9 Å². The van der Waals surface area contributed by atoms with E-state index < -0.39 is 29.9 Å². The first-order valence-corrected chi connectivity index (χ1v) is 7.17. The summed E-state index contributed by atoms with van der Waals surface area (Å²) in [6.45, 7) is -0.535. The number of thiophene rings is 1. The molecule has 3 heterocycles. The summed E-state index contributed by atoms with van der Waals surface area (Å²) in [6, 6.07) is 0. The fraction of sp³-hybridized carbons (Fsp3) is 0.455. The quantitative estimate of drug-likeness (QED) is 0.572. The van der Waals surface area contributed by atoms with E-state index in [2.05, 4.69) is 9.97 Å². The zero-order valence-corrected chi connectivity index (χ0v) is 11.8. The molecule has 1 aliphatic rings. The summed E-state index contributed by atoms with van der Waals surface area (Å²) in [4.78, 5) is 8.09. The zero-order valence-electron chi connectivity index (χ0n) is 10.2. The SMILES string of the molecule is Nc1ncnc2c([C@@H]3O[C@](N)(CO)[C@@H](O)[C@H]3Cl)csc12. The van der Waals surface area contributed by atoms with Crippen LogP contribution in [0.2, 0.25) is 0 Å². The summed E-state index contributed by atoms with van der Waals surface area (Å²) >= 11 is 7.55. The van der Waals surface area contributed by atoms with Gasteiger partial charge in [-0.25, -0.2) is 9.97 Å². The van der Waals surface area contributed by atoms with Crippen LogP contribution >= 0.6 is 22.9 Å². The number of aliphatic hydroxyl groups excluding tert-OH is 2. The molecule has 3 rings (SSSR count). The molecule has 4 atom stereocenters. The van der Waals surface area contributed by atoms with Crippen LogP contribution in [-0.2, 0) is 4.74 Å². The second-order valence-electron chi connectivity index (χ2n) is 4.67. The van der Waals surface area contributed by atoms with Crippen LogP contribution in [-0.4, -0.2) is 44.0 Å². The van der Waals surface area contributed by atoms with Gasteiger partial charge in [-0.05, 0) is 5.38 Å². The summed E-state index contributed by atoms with van der Waals surface area (Å²) in [7, 11) is 0. The van der Waals surface area contributed by atoms with E-state index in [1.807, 2.05) is 0 Å².